The van der Waals surface area contributed by atoms with E-state index in [2.05, 4.69) is 20.6 Å². The second kappa shape index (κ2) is 5.64. The summed E-state index contributed by atoms with van der Waals surface area (Å²) < 4.78 is 25.5. The van der Waals surface area contributed by atoms with Gasteiger partial charge in [-0.05, 0) is 34.7 Å². The Labute approximate surface area is 153 Å². The van der Waals surface area contributed by atoms with Crippen molar-refractivity contribution < 1.29 is 13.2 Å². The molecule has 7 nitrogen and oxygen atoms in total. The Balaban J connectivity index is 0.00000156. The number of hydrogen-bond donors (Lipinski definition) is 1. The SMILES string of the molecule is O=C1c2ccccc2S(=O)(=O)c2cc(-c3nnn[nH]3)ccc21.[Na]. The van der Waals surface area contributed by atoms with Gasteiger partial charge in [0.25, 0.3) is 0 Å². The van der Waals surface area contributed by atoms with Gasteiger partial charge in [0, 0.05) is 46.2 Å². The first-order chi connectivity index (χ1) is 10.6. The Morgan fingerprint density at radius 3 is 2.43 bits per heavy atom. The first kappa shape index (κ1) is 16.0. The maximum absolute atomic E-state index is 12.7. The molecule has 2 heterocycles. The van der Waals surface area contributed by atoms with E-state index >= 15 is 0 Å². The van der Waals surface area contributed by atoms with Crippen LogP contribution in [0.4, 0.5) is 0 Å². The number of nitrogens with one attached hydrogen (secondary N) is 1. The van der Waals surface area contributed by atoms with Crippen LogP contribution in [-0.2, 0) is 9.84 Å². The predicted octanol–water partition coefficient (Wildman–Crippen LogP) is 0.863. The standard InChI is InChI=1S/C14H8N4O3S.Na/c19-13-9-3-1-2-4-11(9)22(20,21)12-7-8(5-6-10(12)13)14-15-17-18-16-14;/h1-7H,(H,15,16,17,18);. The van der Waals surface area contributed by atoms with Crippen molar-refractivity contribution in [2.75, 3.05) is 0 Å². The summed E-state index contributed by atoms with van der Waals surface area (Å²) in [5.41, 5.74) is 0.860. The maximum atomic E-state index is 12.7. The average Bonchev–Trinajstić information content (AvgIpc) is 3.07. The Morgan fingerprint density at radius 1 is 0.957 bits per heavy atom. The number of carbonyl (C=O) groups is 1. The van der Waals surface area contributed by atoms with Crippen LogP contribution in [0.25, 0.3) is 11.4 Å². The first-order valence-corrected chi connectivity index (χ1v) is 7.84. The summed E-state index contributed by atoms with van der Waals surface area (Å²) in [7, 11) is -3.75. The number of nitrogens with zero attached hydrogens (tertiary/aromatic N) is 3. The van der Waals surface area contributed by atoms with Crippen molar-refractivity contribution in [1.29, 1.82) is 0 Å². The smallest absolute Gasteiger partial charge is 0.208 e. The summed E-state index contributed by atoms with van der Waals surface area (Å²) in [4.78, 5) is 12.5. The Morgan fingerprint density at radius 2 is 1.70 bits per heavy atom. The topological polar surface area (TPSA) is 106 Å². The fourth-order valence-electron chi connectivity index (χ4n) is 2.51. The Hall–Kier alpha value is -1.87. The molecule has 23 heavy (non-hydrogen) atoms. The minimum Gasteiger partial charge on any atom is -0.289 e. The van der Waals surface area contributed by atoms with Crippen molar-refractivity contribution >= 4 is 45.2 Å². The van der Waals surface area contributed by atoms with Gasteiger partial charge in [-0.15, -0.1) is 5.10 Å². The van der Waals surface area contributed by atoms with E-state index in [1.807, 2.05) is 0 Å². The van der Waals surface area contributed by atoms with Crippen LogP contribution in [0.1, 0.15) is 15.9 Å². The van der Waals surface area contributed by atoms with E-state index < -0.39 is 9.84 Å². The van der Waals surface area contributed by atoms with Crippen LogP contribution in [0.15, 0.2) is 52.3 Å². The van der Waals surface area contributed by atoms with E-state index in [4.69, 9.17) is 0 Å². The van der Waals surface area contributed by atoms with Gasteiger partial charge >= 0.3 is 0 Å². The molecule has 0 amide bonds. The monoisotopic (exact) mass is 335 g/mol. The molecule has 4 rings (SSSR count). The van der Waals surface area contributed by atoms with Gasteiger partial charge in [-0.2, -0.15) is 0 Å². The van der Waals surface area contributed by atoms with Gasteiger partial charge < -0.3 is 0 Å². The number of aromatic amines is 1. The average molecular weight is 335 g/mol. The van der Waals surface area contributed by atoms with Gasteiger partial charge in [-0.1, -0.05) is 18.2 Å². The molecule has 0 saturated heterocycles. The molecule has 0 unspecified atom stereocenters. The van der Waals surface area contributed by atoms with Gasteiger partial charge in [0.1, 0.15) is 0 Å². The third-order valence-corrected chi connectivity index (χ3v) is 5.41. The zero-order valence-electron chi connectivity index (χ0n) is 12.0. The molecule has 0 spiro atoms. The van der Waals surface area contributed by atoms with Crippen LogP contribution < -0.4 is 0 Å². The molecule has 1 aliphatic heterocycles. The van der Waals surface area contributed by atoms with Gasteiger partial charge in [0.2, 0.25) is 9.84 Å². The zero-order chi connectivity index (χ0) is 15.3. The number of ketones is 1. The molecule has 3 aromatic rings. The van der Waals surface area contributed by atoms with Crippen LogP contribution in [0, 0.1) is 0 Å². The van der Waals surface area contributed by atoms with Gasteiger partial charge in [0.05, 0.1) is 9.79 Å². The second-order valence-electron chi connectivity index (χ2n) is 4.79. The summed E-state index contributed by atoms with van der Waals surface area (Å²) in [6.45, 7) is 0. The summed E-state index contributed by atoms with van der Waals surface area (Å²) in [5.74, 6) is 0.0342. The van der Waals surface area contributed by atoms with Crippen LogP contribution in [0.3, 0.4) is 0 Å². The quantitative estimate of drug-likeness (QED) is 0.517. The van der Waals surface area contributed by atoms with E-state index in [-0.39, 0.29) is 56.3 Å². The molecule has 1 radical (unpaired) electrons. The second-order valence-corrected chi connectivity index (χ2v) is 6.68. The molecule has 1 aliphatic rings. The molecule has 0 bridgehead atoms. The number of fused-ring (bicyclic) bond motifs is 2. The molecule has 109 valence electrons. The van der Waals surface area contributed by atoms with Crippen molar-refractivity contribution in [2.45, 2.75) is 9.79 Å². The van der Waals surface area contributed by atoms with Crippen molar-refractivity contribution in [1.82, 2.24) is 20.6 Å². The normalized spacial score (nSPS) is 14.5. The molecule has 9 heteroatoms. The van der Waals surface area contributed by atoms with E-state index in [0.29, 0.717) is 11.4 Å². The minimum absolute atomic E-state index is 0. The summed E-state index contributed by atoms with van der Waals surface area (Å²) >= 11 is 0. The number of aromatic nitrogens is 4. The molecule has 0 saturated carbocycles. The van der Waals surface area contributed by atoms with E-state index in [1.54, 1.807) is 18.2 Å². The number of carbonyl (C=O) groups excluding carboxylic acids is 1. The third-order valence-electron chi connectivity index (χ3n) is 3.56. The molecule has 1 aromatic heterocycles. The van der Waals surface area contributed by atoms with Crippen molar-refractivity contribution in [3.05, 3.63) is 53.6 Å². The number of rotatable bonds is 1. The molecular weight excluding hydrogens is 327 g/mol. The molecule has 2 aromatic carbocycles. The summed E-state index contributed by atoms with van der Waals surface area (Å²) in [6, 6.07) is 10.7. The fourth-order valence-corrected chi connectivity index (χ4v) is 4.19. The fraction of sp³-hybridized carbons (Fsp3) is 0. The molecule has 0 fully saturated rings. The predicted molar refractivity (Wildman–Crippen MR) is 80.7 cm³/mol. The van der Waals surface area contributed by atoms with Crippen LogP contribution >= 0.6 is 0 Å². The number of tetrazole rings is 1. The Kier molecular flexibility index (Phi) is 3.93. The maximum Gasteiger partial charge on any atom is 0.208 e. The number of sulfone groups is 1. The minimum atomic E-state index is -3.75. The van der Waals surface area contributed by atoms with Gasteiger partial charge in [-0.25, -0.2) is 13.5 Å². The van der Waals surface area contributed by atoms with E-state index in [1.165, 1.54) is 24.3 Å². The van der Waals surface area contributed by atoms with Crippen molar-refractivity contribution in [2.24, 2.45) is 0 Å². The largest absolute Gasteiger partial charge is 0.289 e. The number of H-pyrrole nitrogens is 1. The van der Waals surface area contributed by atoms with Gasteiger partial charge in [0.15, 0.2) is 11.6 Å². The Bertz CT molecular complexity index is 1020. The van der Waals surface area contributed by atoms with Crippen LogP contribution in [0.2, 0.25) is 0 Å². The molecule has 1 N–H and O–H groups in total. The van der Waals surface area contributed by atoms with Crippen LogP contribution in [0.5, 0.6) is 0 Å². The number of hydrogen-bond acceptors (Lipinski definition) is 6. The summed E-state index contributed by atoms with van der Waals surface area (Å²) in [5, 5.41) is 13.2. The van der Waals surface area contributed by atoms with E-state index in [9.17, 15) is 13.2 Å². The van der Waals surface area contributed by atoms with Crippen molar-refractivity contribution in [3.8, 4) is 11.4 Å². The zero-order valence-corrected chi connectivity index (χ0v) is 14.8. The van der Waals surface area contributed by atoms with E-state index in [0.717, 1.165) is 0 Å². The molecule has 0 atom stereocenters. The third kappa shape index (κ3) is 2.34. The van der Waals surface area contributed by atoms with Crippen molar-refractivity contribution in [3.63, 3.8) is 0 Å². The molecule has 0 aliphatic carbocycles. The first-order valence-electron chi connectivity index (χ1n) is 6.36. The van der Waals surface area contributed by atoms with Crippen LogP contribution in [-0.4, -0.2) is 64.4 Å². The summed E-state index contributed by atoms with van der Waals surface area (Å²) in [6.07, 6.45) is 0. The van der Waals surface area contributed by atoms with Gasteiger partial charge in [-0.3, -0.25) is 4.79 Å². The molecular formula is C14H8N4NaO3S. The number of benzene rings is 2.